The molecule has 1 heterocycles. The lowest BCUT2D eigenvalue weighted by Gasteiger charge is -2.26. The number of para-hydroxylation sites is 2. The first-order valence-electron chi connectivity index (χ1n) is 16.9. The minimum absolute atomic E-state index is 0.0781. The fourth-order valence-corrected chi connectivity index (χ4v) is 5.43. The summed E-state index contributed by atoms with van der Waals surface area (Å²) in [6, 6.07) is 37.3. The molecule has 0 spiro atoms. The molecule has 1 aromatic heterocycles. The fourth-order valence-electron chi connectivity index (χ4n) is 5.43. The topological polar surface area (TPSA) is 34.2 Å². The van der Waals surface area contributed by atoms with Gasteiger partial charge in [0.15, 0.2) is 0 Å². The number of anilines is 1. The van der Waals surface area contributed by atoms with Gasteiger partial charge in [-0.2, -0.15) is 0 Å². The summed E-state index contributed by atoms with van der Waals surface area (Å²) < 4.78 is 2.36. The number of fused-ring (bicyclic) bond motifs is 4. The van der Waals surface area contributed by atoms with E-state index in [0.29, 0.717) is 0 Å². The summed E-state index contributed by atoms with van der Waals surface area (Å²) in [6.45, 7) is 18.9. The molecular formula is C46H57N3. The van der Waals surface area contributed by atoms with Gasteiger partial charge in [0.1, 0.15) is 0 Å². The smallest absolute Gasteiger partial charge is 0.0540 e. The third-order valence-electron chi connectivity index (χ3n) is 7.70. The van der Waals surface area contributed by atoms with E-state index in [4.69, 9.17) is 5.73 Å². The summed E-state index contributed by atoms with van der Waals surface area (Å²) in [6.07, 6.45) is 15.0. The Hall–Kier alpha value is -5.12. The van der Waals surface area contributed by atoms with Gasteiger partial charge in [-0.25, -0.2) is 0 Å². The summed E-state index contributed by atoms with van der Waals surface area (Å²) >= 11 is 0. The number of hydrogen-bond donors (Lipinski definition) is 1. The van der Waals surface area contributed by atoms with Gasteiger partial charge < -0.3 is 15.2 Å². The maximum atomic E-state index is 5.36. The van der Waals surface area contributed by atoms with Gasteiger partial charge in [-0.05, 0) is 94.7 Å². The third kappa shape index (κ3) is 12.4. The van der Waals surface area contributed by atoms with E-state index in [-0.39, 0.29) is 5.41 Å². The second-order valence-corrected chi connectivity index (χ2v) is 12.7. The van der Waals surface area contributed by atoms with Crippen molar-refractivity contribution in [2.45, 2.75) is 46.0 Å². The lowest BCUT2D eigenvalue weighted by molar-refractivity contribution is 0.505. The highest BCUT2D eigenvalue weighted by molar-refractivity contribution is 5.86. The van der Waals surface area contributed by atoms with Crippen molar-refractivity contribution in [3.8, 4) is 0 Å². The number of benzene rings is 4. The Morgan fingerprint density at radius 2 is 1.35 bits per heavy atom. The molecule has 3 nitrogen and oxygen atoms in total. The van der Waals surface area contributed by atoms with Crippen molar-refractivity contribution >= 4 is 34.4 Å². The van der Waals surface area contributed by atoms with Gasteiger partial charge in [-0.15, -0.1) is 13.2 Å². The molecule has 49 heavy (non-hydrogen) atoms. The molecule has 2 N–H and O–H groups in total. The van der Waals surface area contributed by atoms with Crippen LogP contribution < -0.4 is 16.3 Å². The highest BCUT2D eigenvalue weighted by Crippen LogP contribution is 2.31. The molecule has 0 saturated heterocycles. The molecule has 0 saturated carbocycles. The zero-order valence-electron chi connectivity index (χ0n) is 30.9. The molecule has 3 heteroatoms. The van der Waals surface area contributed by atoms with Crippen molar-refractivity contribution in [2.75, 3.05) is 26.9 Å². The van der Waals surface area contributed by atoms with Crippen LogP contribution in [-0.2, 0) is 11.8 Å². The number of allylic oxidation sites excluding steroid dienone is 5. The monoisotopic (exact) mass is 651 g/mol. The molecule has 0 fully saturated rings. The molecule has 6 rings (SSSR count). The standard InChI is InChI=1S/C28H29N.C7H8.C6H7N.C3H9N.C2H4/c1-5-7-13-22(6-2)29-26-16-11-9-14-23(26)24-18-17-21-12-8-10-15-25(21)28(3,4)20-19-27(24)29;1-7-5-3-2-4-6-7;7-6-4-2-1-3-5-6;1-4(2)3;1-2/h5-16,18-19H,2,17,20H2,1,3-4H3;2-6H,1H3;1-5H,7H2;1-3H3;1-2H2/b7-5?,22-13+,24-18-,27-19+;;;;. The number of nitrogen functional groups attached to an aromatic ring is 1. The van der Waals surface area contributed by atoms with E-state index in [1.54, 1.807) is 0 Å². The van der Waals surface area contributed by atoms with Crippen molar-refractivity contribution in [2.24, 2.45) is 0 Å². The van der Waals surface area contributed by atoms with Crippen LogP contribution in [0.5, 0.6) is 0 Å². The quantitative estimate of drug-likeness (QED) is 0.120. The first kappa shape index (κ1) is 40.1. The number of nitrogens with two attached hydrogens (primary N) is 1. The predicted octanol–water partition coefficient (Wildman–Crippen LogP) is 9.97. The maximum Gasteiger partial charge on any atom is 0.0540 e. The van der Waals surface area contributed by atoms with Crippen LogP contribution in [0.3, 0.4) is 0 Å². The Balaban J connectivity index is 0.000000337. The van der Waals surface area contributed by atoms with Crippen LogP contribution in [0.1, 0.15) is 43.9 Å². The number of rotatable bonds is 3. The number of nitrogens with zero attached hydrogens (tertiary/aromatic N) is 2. The molecule has 1 aliphatic rings. The SMILES string of the molecule is C=C.C=C/C(=C\C=CC)n1c2/c(c3ccccc31)=C\Cc1ccccc1C(C)(C)C\C=2.CN(C)C.Cc1ccccc1.Nc1ccccc1. The summed E-state index contributed by atoms with van der Waals surface area (Å²) in [5, 5.41) is 3.88. The second kappa shape index (κ2) is 21.0. The summed E-state index contributed by atoms with van der Waals surface area (Å²) in [5.41, 5.74) is 12.8. The van der Waals surface area contributed by atoms with Crippen LogP contribution in [-0.4, -0.2) is 30.6 Å². The van der Waals surface area contributed by atoms with Crippen LogP contribution in [0, 0.1) is 6.92 Å². The highest BCUT2D eigenvalue weighted by Gasteiger charge is 2.23. The van der Waals surface area contributed by atoms with Gasteiger partial charge in [-0.1, -0.05) is 141 Å². The largest absolute Gasteiger partial charge is 0.399 e. The fraction of sp³-hybridized carbons (Fsp3) is 0.217. The Bertz CT molecular complexity index is 1850. The van der Waals surface area contributed by atoms with Gasteiger partial charge in [0, 0.05) is 27.3 Å². The lowest BCUT2D eigenvalue weighted by Crippen LogP contribution is -2.29. The van der Waals surface area contributed by atoms with Crippen molar-refractivity contribution in [3.63, 3.8) is 0 Å². The zero-order chi connectivity index (χ0) is 36.2. The summed E-state index contributed by atoms with van der Waals surface area (Å²) in [7, 11) is 6.00. The van der Waals surface area contributed by atoms with E-state index in [1.807, 2.05) is 87.6 Å². The van der Waals surface area contributed by atoms with Gasteiger partial charge in [0.2, 0.25) is 0 Å². The molecular weight excluding hydrogens is 595 g/mol. The van der Waals surface area contributed by atoms with Gasteiger partial charge in [0.05, 0.1) is 5.52 Å². The van der Waals surface area contributed by atoms with Gasteiger partial charge in [0.25, 0.3) is 0 Å². The van der Waals surface area contributed by atoms with E-state index >= 15 is 0 Å². The first-order valence-corrected chi connectivity index (χ1v) is 16.9. The van der Waals surface area contributed by atoms with E-state index < -0.39 is 0 Å². The van der Waals surface area contributed by atoms with Crippen molar-refractivity contribution < 1.29 is 0 Å². The Kier molecular flexibility index (Phi) is 17.1. The molecule has 0 radical (unpaired) electrons. The average Bonchev–Trinajstić information content (AvgIpc) is 3.43. The Morgan fingerprint density at radius 1 is 0.796 bits per heavy atom. The number of aryl methyl sites for hydroxylation is 1. The van der Waals surface area contributed by atoms with Gasteiger partial charge >= 0.3 is 0 Å². The van der Waals surface area contributed by atoms with Crippen LogP contribution in [0.15, 0.2) is 153 Å². The van der Waals surface area contributed by atoms with E-state index in [1.165, 1.54) is 38.2 Å². The zero-order valence-corrected chi connectivity index (χ0v) is 30.9. The van der Waals surface area contributed by atoms with E-state index in [9.17, 15) is 0 Å². The Morgan fingerprint density at radius 3 is 1.88 bits per heavy atom. The van der Waals surface area contributed by atoms with Crippen LogP contribution >= 0.6 is 0 Å². The number of aromatic nitrogens is 1. The molecule has 256 valence electrons. The molecule has 0 atom stereocenters. The van der Waals surface area contributed by atoms with Crippen molar-refractivity contribution in [3.05, 3.63) is 180 Å². The van der Waals surface area contributed by atoms with Crippen LogP contribution in [0.2, 0.25) is 0 Å². The minimum Gasteiger partial charge on any atom is -0.399 e. The molecule has 4 aromatic carbocycles. The predicted molar refractivity (Wildman–Crippen MR) is 220 cm³/mol. The van der Waals surface area contributed by atoms with Crippen molar-refractivity contribution in [1.82, 2.24) is 9.47 Å². The molecule has 0 bridgehead atoms. The summed E-state index contributed by atoms with van der Waals surface area (Å²) in [5.74, 6) is 0. The Labute approximate surface area is 296 Å². The van der Waals surface area contributed by atoms with E-state index in [0.717, 1.165) is 24.2 Å². The van der Waals surface area contributed by atoms with Crippen molar-refractivity contribution in [1.29, 1.82) is 0 Å². The first-order chi connectivity index (χ1) is 23.6. The van der Waals surface area contributed by atoms with Gasteiger partial charge in [-0.3, -0.25) is 0 Å². The second-order valence-electron chi connectivity index (χ2n) is 12.7. The normalized spacial score (nSPS) is 14.2. The molecule has 0 aliphatic heterocycles. The lowest BCUT2D eigenvalue weighted by atomic mass is 9.78. The summed E-state index contributed by atoms with van der Waals surface area (Å²) in [4.78, 5) is 2.00. The van der Waals surface area contributed by atoms with Crippen LogP contribution in [0.4, 0.5) is 5.69 Å². The van der Waals surface area contributed by atoms with Crippen LogP contribution in [0.25, 0.3) is 28.8 Å². The average molecular weight is 652 g/mol. The molecule has 5 aromatic rings. The third-order valence-corrected chi connectivity index (χ3v) is 7.70. The maximum absolute atomic E-state index is 5.36. The molecule has 1 aliphatic carbocycles. The molecule has 0 unspecified atom stereocenters. The minimum atomic E-state index is 0.0781. The number of hydrogen-bond acceptors (Lipinski definition) is 2. The highest BCUT2D eigenvalue weighted by atomic mass is 15.0. The molecule has 0 amide bonds. The van der Waals surface area contributed by atoms with E-state index in [2.05, 4.69) is 136 Å².